The first kappa shape index (κ1) is 11.2. The van der Waals surface area contributed by atoms with Crippen LogP contribution in [0, 0.1) is 0 Å². The maximum absolute atomic E-state index is 10.8. The Kier molecular flexibility index (Phi) is 3.61. The van der Waals surface area contributed by atoms with Crippen LogP contribution in [0.2, 0.25) is 0 Å². The molecule has 6 nitrogen and oxygen atoms in total. The van der Waals surface area contributed by atoms with Crippen LogP contribution in [-0.4, -0.2) is 55.5 Å². The van der Waals surface area contributed by atoms with E-state index in [9.17, 15) is 4.79 Å². The third-order valence-electron chi connectivity index (χ3n) is 2.98. The molecule has 0 aliphatic carbocycles. The number of nitrogens with one attached hydrogen (secondary N) is 2. The highest BCUT2D eigenvalue weighted by Gasteiger charge is 2.21. The van der Waals surface area contributed by atoms with Crippen LogP contribution in [0.25, 0.3) is 0 Å². The fourth-order valence-corrected chi connectivity index (χ4v) is 2.14. The lowest BCUT2D eigenvalue weighted by molar-refractivity contribution is -0.119. The van der Waals surface area contributed by atoms with Crippen molar-refractivity contribution in [2.24, 2.45) is 10.7 Å². The lowest BCUT2D eigenvalue weighted by atomic mass is 10.1. The topological polar surface area (TPSA) is 82.8 Å². The van der Waals surface area contributed by atoms with Gasteiger partial charge in [0.15, 0.2) is 5.96 Å². The van der Waals surface area contributed by atoms with Crippen LogP contribution in [0.3, 0.4) is 0 Å². The molecule has 0 atom stereocenters. The summed E-state index contributed by atoms with van der Waals surface area (Å²) in [4.78, 5) is 17.2. The smallest absolute Gasteiger partial charge is 0.231 e. The summed E-state index contributed by atoms with van der Waals surface area (Å²) < 4.78 is 0. The van der Waals surface area contributed by atoms with E-state index >= 15 is 0 Å². The molecular weight excluding hydrogens is 206 g/mol. The summed E-state index contributed by atoms with van der Waals surface area (Å²) in [7, 11) is 0. The molecule has 0 aromatic carbocycles. The lowest BCUT2D eigenvalue weighted by Crippen LogP contribution is -2.48. The van der Waals surface area contributed by atoms with Crippen molar-refractivity contribution in [3.8, 4) is 0 Å². The maximum Gasteiger partial charge on any atom is 0.231 e. The highest BCUT2D eigenvalue weighted by Crippen LogP contribution is 2.09. The summed E-state index contributed by atoms with van der Waals surface area (Å²) in [6.07, 6.45) is 2.07. The molecule has 1 saturated heterocycles. The number of hydrogen-bond acceptors (Lipinski definition) is 5. The molecule has 0 bridgehead atoms. The van der Waals surface area contributed by atoms with Crippen LogP contribution < -0.4 is 16.4 Å². The normalized spacial score (nSPS) is 22.6. The Morgan fingerprint density at radius 3 is 2.88 bits per heavy atom. The van der Waals surface area contributed by atoms with Crippen LogP contribution in [-0.2, 0) is 4.79 Å². The number of nitrogens with zero attached hydrogens (tertiary/aromatic N) is 2. The van der Waals surface area contributed by atoms with Gasteiger partial charge in [0.2, 0.25) is 5.91 Å². The van der Waals surface area contributed by atoms with E-state index in [2.05, 4.69) is 20.5 Å². The molecule has 1 fully saturated rings. The van der Waals surface area contributed by atoms with Crippen LogP contribution in [0.5, 0.6) is 0 Å². The molecule has 1 amide bonds. The van der Waals surface area contributed by atoms with E-state index in [0.29, 0.717) is 12.6 Å². The number of nitrogens with two attached hydrogens (primary N) is 1. The average molecular weight is 225 g/mol. The molecule has 4 N–H and O–H groups in total. The molecule has 16 heavy (non-hydrogen) atoms. The summed E-state index contributed by atoms with van der Waals surface area (Å²) in [5.41, 5.74) is 5.16. The molecule has 0 spiro atoms. The molecule has 90 valence electrons. The van der Waals surface area contributed by atoms with Crippen molar-refractivity contribution in [2.75, 3.05) is 32.7 Å². The number of carbonyl (C=O) groups is 1. The fraction of sp³-hybridized carbons (Fsp3) is 0.800. The SMILES string of the molecule is NC(=O)CN1CCC(NC2=NCCN2)CC1. The van der Waals surface area contributed by atoms with Crippen molar-refractivity contribution in [1.29, 1.82) is 0 Å². The molecule has 0 aromatic rings. The zero-order valence-corrected chi connectivity index (χ0v) is 9.41. The molecule has 0 aromatic heterocycles. The summed E-state index contributed by atoms with van der Waals surface area (Å²) >= 11 is 0. The van der Waals surface area contributed by atoms with E-state index < -0.39 is 0 Å². The number of hydrogen-bond donors (Lipinski definition) is 3. The summed E-state index contributed by atoms with van der Waals surface area (Å²) in [5.74, 6) is 0.682. The molecule has 0 radical (unpaired) electrons. The van der Waals surface area contributed by atoms with Gasteiger partial charge in [-0.1, -0.05) is 0 Å². The predicted octanol–water partition coefficient (Wildman–Crippen LogP) is -1.52. The minimum absolute atomic E-state index is 0.242. The number of piperidine rings is 1. The van der Waals surface area contributed by atoms with Gasteiger partial charge in [0, 0.05) is 25.7 Å². The van der Waals surface area contributed by atoms with Crippen molar-refractivity contribution < 1.29 is 4.79 Å². The first-order valence-corrected chi connectivity index (χ1v) is 5.79. The third kappa shape index (κ3) is 3.10. The molecule has 2 aliphatic heterocycles. The van der Waals surface area contributed by atoms with E-state index in [4.69, 9.17) is 5.73 Å². The van der Waals surface area contributed by atoms with Crippen LogP contribution in [0.4, 0.5) is 0 Å². The van der Waals surface area contributed by atoms with E-state index in [0.717, 1.165) is 45.0 Å². The quantitative estimate of drug-likeness (QED) is 0.545. The summed E-state index contributed by atoms with van der Waals surface area (Å²) in [6, 6.07) is 0.466. The van der Waals surface area contributed by atoms with Crippen molar-refractivity contribution >= 4 is 11.9 Å². The van der Waals surface area contributed by atoms with Gasteiger partial charge in [-0.15, -0.1) is 0 Å². The number of likely N-dealkylation sites (tertiary alicyclic amines) is 1. The van der Waals surface area contributed by atoms with Crippen LogP contribution in [0.1, 0.15) is 12.8 Å². The molecule has 2 rings (SSSR count). The second kappa shape index (κ2) is 5.16. The van der Waals surface area contributed by atoms with Crippen LogP contribution >= 0.6 is 0 Å². The monoisotopic (exact) mass is 225 g/mol. The van der Waals surface area contributed by atoms with Crippen molar-refractivity contribution in [1.82, 2.24) is 15.5 Å². The summed E-state index contributed by atoms with van der Waals surface area (Å²) in [6.45, 7) is 4.03. The van der Waals surface area contributed by atoms with Gasteiger partial charge in [-0.25, -0.2) is 0 Å². The molecular formula is C10H19N5O. The van der Waals surface area contributed by atoms with Gasteiger partial charge < -0.3 is 16.4 Å². The Hall–Kier alpha value is -1.30. The second-order valence-corrected chi connectivity index (χ2v) is 4.32. The number of primary amides is 1. The van der Waals surface area contributed by atoms with Crippen molar-refractivity contribution in [2.45, 2.75) is 18.9 Å². The van der Waals surface area contributed by atoms with Gasteiger partial charge in [-0.05, 0) is 12.8 Å². The molecule has 0 unspecified atom stereocenters. The van der Waals surface area contributed by atoms with E-state index in [1.165, 1.54) is 0 Å². The maximum atomic E-state index is 10.8. The van der Waals surface area contributed by atoms with Gasteiger partial charge >= 0.3 is 0 Å². The van der Waals surface area contributed by atoms with Crippen LogP contribution in [0.15, 0.2) is 4.99 Å². The number of guanidine groups is 1. The number of amides is 1. The van der Waals surface area contributed by atoms with Gasteiger partial charge in [0.25, 0.3) is 0 Å². The average Bonchev–Trinajstić information content (AvgIpc) is 2.73. The predicted molar refractivity (Wildman–Crippen MR) is 62.1 cm³/mol. The van der Waals surface area contributed by atoms with Crippen molar-refractivity contribution in [3.63, 3.8) is 0 Å². The highest BCUT2D eigenvalue weighted by molar-refractivity contribution is 5.81. The summed E-state index contributed by atoms with van der Waals surface area (Å²) in [5, 5.41) is 6.59. The number of carbonyl (C=O) groups excluding carboxylic acids is 1. The zero-order valence-electron chi connectivity index (χ0n) is 9.41. The molecule has 6 heteroatoms. The Morgan fingerprint density at radius 1 is 1.56 bits per heavy atom. The number of aliphatic imine (C=N–C) groups is 1. The van der Waals surface area contributed by atoms with E-state index in [1.807, 2.05) is 0 Å². The number of rotatable bonds is 3. The largest absolute Gasteiger partial charge is 0.369 e. The molecule has 2 aliphatic rings. The Morgan fingerprint density at radius 2 is 2.31 bits per heavy atom. The Balaban J connectivity index is 1.70. The van der Waals surface area contributed by atoms with E-state index in [-0.39, 0.29) is 5.91 Å². The lowest BCUT2D eigenvalue weighted by Gasteiger charge is -2.31. The molecule has 2 heterocycles. The standard InChI is InChI=1S/C10H19N5O/c11-9(16)7-15-5-1-8(2-6-15)14-10-12-3-4-13-10/h8H,1-7H2,(H2,11,16)(H2,12,13,14). The first-order valence-electron chi connectivity index (χ1n) is 5.79. The van der Waals surface area contributed by atoms with Gasteiger partial charge in [-0.2, -0.15) is 0 Å². The van der Waals surface area contributed by atoms with Gasteiger partial charge in [-0.3, -0.25) is 14.7 Å². The minimum Gasteiger partial charge on any atom is -0.369 e. The van der Waals surface area contributed by atoms with Gasteiger partial charge in [0.1, 0.15) is 0 Å². The Labute approximate surface area is 95.3 Å². The fourth-order valence-electron chi connectivity index (χ4n) is 2.14. The van der Waals surface area contributed by atoms with Crippen molar-refractivity contribution in [3.05, 3.63) is 0 Å². The zero-order chi connectivity index (χ0) is 11.4. The van der Waals surface area contributed by atoms with Gasteiger partial charge in [0.05, 0.1) is 13.1 Å². The van der Waals surface area contributed by atoms with E-state index in [1.54, 1.807) is 0 Å². The third-order valence-corrected chi connectivity index (χ3v) is 2.98. The second-order valence-electron chi connectivity index (χ2n) is 4.32. The Bertz CT molecular complexity index is 283. The first-order chi connectivity index (χ1) is 7.74. The highest BCUT2D eigenvalue weighted by atomic mass is 16.1. The molecule has 0 saturated carbocycles. The minimum atomic E-state index is -0.242.